The van der Waals surface area contributed by atoms with Gasteiger partial charge >= 0.3 is 0 Å². The van der Waals surface area contributed by atoms with E-state index < -0.39 is 14.1 Å². The summed E-state index contributed by atoms with van der Waals surface area (Å²) in [6.07, 6.45) is 4.15. The summed E-state index contributed by atoms with van der Waals surface area (Å²) < 4.78 is 12.6. The van der Waals surface area contributed by atoms with Gasteiger partial charge in [0.1, 0.15) is 11.8 Å². The highest BCUT2D eigenvalue weighted by Crippen LogP contribution is 2.60. The van der Waals surface area contributed by atoms with Gasteiger partial charge in [-0.15, -0.1) is 0 Å². The van der Waals surface area contributed by atoms with Crippen LogP contribution in [0.4, 0.5) is 0 Å². The van der Waals surface area contributed by atoms with Crippen LogP contribution in [0.3, 0.4) is 0 Å². The number of fused-ring (bicyclic) bond motifs is 2. The van der Waals surface area contributed by atoms with Gasteiger partial charge in [0.05, 0.1) is 13.2 Å². The second-order valence-corrected chi connectivity index (χ2v) is 16.7. The molecule has 0 spiro atoms. The van der Waals surface area contributed by atoms with Crippen molar-refractivity contribution in [3.05, 3.63) is 65.7 Å². The first-order chi connectivity index (χ1) is 16.6. The number of benzene rings is 2. The van der Waals surface area contributed by atoms with Crippen molar-refractivity contribution in [3.8, 4) is 5.75 Å². The van der Waals surface area contributed by atoms with Crippen LogP contribution in [0.1, 0.15) is 68.3 Å². The lowest BCUT2D eigenvalue weighted by Gasteiger charge is -2.54. The van der Waals surface area contributed by atoms with E-state index in [-0.39, 0.29) is 34.7 Å². The minimum absolute atomic E-state index is 0.0235. The molecular formula is C29H39NO4Si. The topological polar surface area (TPSA) is 47.8 Å². The third kappa shape index (κ3) is 4.29. The van der Waals surface area contributed by atoms with Crippen molar-refractivity contribution in [1.29, 1.82) is 0 Å². The Morgan fingerprint density at radius 3 is 2.37 bits per heavy atom. The minimum Gasteiger partial charge on any atom is -0.497 e. The van der Waals surface area contributed by atoms with E-state index in [1.807, 2.05) is 47.5 Å². The maximum absolute atomic E-state index is 13.6. The molecule has 5 rings (SSSR count). The smallest absolute Gasteiger partial charge is 0.195 e. The van der Waals surface area contributed by atoms with E-state index >= 15 is 0 Å². The molecule has 3 fully saturated rings. The molecule has 6 atom stereocenters. The van der Waals surface area contributed by atoms with Crippen molar-refractivity contribution < 1.29 is 18.8 Å². The second kappa shape index (κ2) is 8.84. The van der Waals surface area contributed by atoms with Crippen LogP contribution in [-0.4, -0.2) is 44.1 Å². The van der Waals surface area contributed by atoms with Crippen LogP contribution in [0.5, 0.6) is 5.75 Å². The summed E-state index contributed by atoms with van der Waals surface area (Å²) in [6, 6.07) is 17.8. The molecule has 5 nitrogen and oxygen atoms in total. The fourth-order valence-electron chi connectivity index (χ4n) is 5.85. The first kappa shape index (κ1) is 24.7. The predicted octanol–water partition coefficient (Wildman–Crippen LogP) is 6.57. The van der Waals surface area contributed by atoms with Crippen LogP contribution in [0, 0.1) is 5.92 Å². The van der Waals surface area contributed by atoms with Gasteiger partial charge < -0.3 is 9.16 Å². The van der Waals surface area contributed by atoms with Crippen LogP contribution in [-0.2, 0) is 9.26 Å². The molecule has 2 saturated heterocycles. The molecule has 0 radical (unpaired) electrons. The highest BCUT2D eigenvalue weighted by molar-refractivity contribution is 6.74. The van der Waals surface area contributed by atoms with Gasteiger partial charge in [-0.05, 0) is 48.7 Å². The van der Waals surface area contributed by atoms with Crippen LogP contribution < -0.4 is 4.74 Å². The molecule has 1 aliphatic carbocycles. The minimum atomic E-state index is -2.14. The molecule has 6 heteroatoms. The van der Waals surface area contributed by atoms with Gasteiger partial charge in [0, 0.05) is 23.8 Å². The number of hydrogen-bond acceptors (Lipinski definition) is 5. The maximum atomic E-state index is 13.6. The first-order valence-corrected chi connectivity index (χ1v) is 15.9. The average Bonchev–Trinajstić information content (AvgIpc) is 3.54. The molecular weight excluding hydrogens is 454 g/mol. The lowest BCUT2D eigenvalue weighted by atomic mass is 9.70. The van der Waals surface area contributed by atoms with Gasteiger partial charge in [-0.2, -0.15) is 5.06 Å². The molecule has 188 valence electrons. The molecule has 3 aliphatic rings. The van der Waals surface area contributed by atoms with Crippen LogP contribution in [0.25, 0.3) is 0 Å². The van der Waals surface area contributed by atoms with E-state index in [0.717, 1.165) is 37.0 Å². The summed E-state index contributed by atoms with van der Waals surface area (Å²) in [7, 11) is -0.442. The van der Waals surface area contributed by atoms with Crippen LogP contribution in [0.2, 0.25) is 18.1 Å². The van der Waals surface area contributed by atoms with Crippen molar-refractivity contribution in [2.75, 3.05) is 7.11 Å². The number of ketones is 1. The normalized spacial score (nSPS) is 32.3. The fourth-order valence-corrected chi connectivity index (χ4v) is 7.32. The SMILES string of the molecule is COc1ccc([C@@H]2[C@H]3[C@@H](C(=O)c4ccccc4)N3O[C@@]3(O[Si](C)(C)C(C)(C)C)CCCC[C@@H]23)cc1. The van der Waals surface area contributed by atoms with Crippen molar-refractivity contribution in [3.63, 3.8) is 0 Å². The standard InChI is InChI=1S/C29H39NO4Si/c1-28(2,3)35(5,6)34-29-19-11-10-14-23(29)24(20-15-17-22(32-4)18-16-20)25-26(30(25)33-29)27(31)21-12-8-7-9-13-21/h7-9,12-13,15-18,23-26H,10-11,14,19H2,1-6H3/t23-,24-,25-,26-,29+,30?/m0/s1. The van der Waals surface area contributed by atoms with Gasteiger partial charge in [0.2, 0.25) is 0 Å². The zero-order valence-corrected chi connectivity index (χ0v) is 22.9. The third-order valence-electron chi connectivity index (χ3n) is 8.78. The predicted molar refractivity (Wildman–Crippen MR) is 140 cm³/mol. The van der Waals surface area contributed by atoms with E-state index in [0.29, 0.717) is 0 Å². The van der Waals surface area contributed by atoms with E-state index in [1.54, 1.807) is 7.11 Å². The number of hydrogen-bond donors (Lipinski definition) is 0. The van der Waals surface area contributed by atoms with Gasteiger partial charge in [-0.1, -0.05) is 69.7 Å². The average molecular weight is 494 g/mol. The van der Waals surface area contributed by atoms with Crippen molar-refractivity contribution >= 4 is 14.1 Å². The Hall–Kier alpha value is -1.99. The second-order valence-electron chi connectivity index (χ2n) is 11.9. The van der Waals surface area contributed by atoms with E-state index in [2.05, 4.69) is 46.0 Å². The summed E-state index contributed by atoms with van der Waals surface area (Å²) in [6.45, 7) is 11.4. The van der Waals surface area contributed by atoms with Crippen LogP contribution in [0.15, 0.2) is 54.6 Å². The molecule has 0 aromatic heterocycles. The quantitative estimate of drug-likeness (QED) is 0.259. The maximum Gasteiger partial charge on any atom is 0.195 e. The molecule has 0 N–H and O–H groups in total. The Labute approximate surface area is 210 Å². The molecule has 2 aliphatic heterocycles. The fraction of sp³-hybridized carbons (Fsp3) is 0.552. The number of nitrogens with zero attached hydrogens (tertiary/aromatic N) is 1. The van der Waals surface area contributed by atoms with Gasteiger partial charge in [0.15, 0.2) is 19.9 Å². The summed E-state index contributed by atoms with van der Waals surface area (Å²) >= 11 is 0. The number of carbonyl (C=O) groups is 1. The Balaban J connectivity index is 1.56. The van der Waals surface area contributed by atoms with E-state index in [4.69, 9.17) is 14.0 Å². The van der Waals surface area contributed by atoms with E-state index in [1.165, 1.54) is 5.56 Å². The van der Waals surface area contributed by atoms with Gasteiger partial charge in [0.25, 0.3) is 0 Å². The number of carbonyl (C=O) groups excluding carboxylic acids is 1. The Morgan fingerprint density at radius 2 is 1.74 bits per heavy atom. The molecule has 2 aromatic rings. The Morgan fingerprint density at radius 1 is 1.06 bits per heavy atom. The lowest BCUT2D eigenvalue weighted by molar-refractivity contribution is -0.342. The van der Waals surface area contributed by atoms with Crippen LogP contribution >= 0.6 is 0 Å². The summed E-state index contributed by atoms with van der Waals surface area (Å²) in [5.74, 6) is 0.660. The molecule has 0 amide bonds. The summed E-state index contributed by atoms with van der Waals surface area (Å²) in [5, 5.41) is 2.04. The molecule has 0 bridgehead atoms. The van der Waals surface area contributed by atoms with Crippen molar-refractivity contribution in [2.45, 2.75) is 88.4 Å². The first-order valence-electron chi connectivity index (χ1n) is 13.0. The number of methoxy groups -OCH3 is 1. The molecule has 35 heavy (non-hydrogen) atoms. The van der Waals surface area contributed by atoms with Crippen molar-refractivity contribution in [1.82, 2.24) is 5.06 Å². The highest BCUT2D eigenvalue weighted by atomic mass is 28.4. The van der Waals surface area contributed by atoms with Crippen molar-refractivity contribution in [2.24, 2.45) is 5.92 Å². The highest BCUT2D eigenvalue weighted by Gasteiger charge is 2.69. The summed E-state index contributed by atoms with van der Waals surface area (Å²) in [4.78, 5) is 20.5. The summed E-state index contributed by atoms with van der Waals surface area (Å²) in [5.41, 5.74) is 1.98. The number of rotatable bonds is 6. The molecule has 1 unspecified atom stereocenters. The number of ether oxygens (including phenoxy) is 1. The van der Waals surface area contributed by atoms with Gasteiger partial charge in [-0.25, -0.2) is 0 Å². The number of Topliss-reactive ketones (excluding diaryl/α,β-unsaturated/α-hetero) is 1. The van der Waals surface area contributed by atoms with E-state index in [9.17, 15) is 4.79 Å². The Bertz CT molecular complexity index is 1060. The number of hydroxylamine groups is 2. The lowest BCUT2D eigenvalue weighted by Crippen LogP contribution is -2.60. The monoisotopic (exact) mass is 493 g/mol. The molecule has 2 aromatic carbocycles. The zero-order valence-electron chi connectivity index (χ0n) is 21.9. The largest absolute Gasteiger partial charge is 0.497 e. The Kier molecular flexibility index (Phi) is 6.23. The zero-order chi connectivity index (χ0) is 25.0. The molecule has 2 heterocycles. The third-order valence-corrected chi connectivity index (χ3v) is 13.2. The molecule has 1 saturated carbocycles. The van der Waals surface area contributed by atoms with Gasteiger partial charge in [-0.3, -0.25) is 9.63 Å².